The number of amidine groups is 1. The lowest BCUT2D eigenvalue weighted by Crippen LogP contribution is -2.46. The van der Waals surface area contributed by atoms with E-state index in [0.717, 1.165) is 6.20 Å². The van der Waals surface area contributed by atoms with Crippen LogP contribution in [-0.4, -0.2) is 56.1 Å². The normalized spacial score (nSPS) is 24.1. The van der Waals surface area contributed by atoms with Gasteiger partial charge >= 0.3 is 6.18 Å². The smallest absolute Gasteiger partial charge is 0.377 e. The lowest BCUT2D eigenvalue weighted by atomic mass is 9.90. The van der Waals surface area contributed by atoms with Crippen LogP contribution in [0.1, 0.15) is 33.1 Å². The number of nitrogens with two attached hydrogens (primary N) is 1. The highest BCUT2D eigenvalue weighted by Crippen LogP contribution is 2.38. The lowest BCUT2D eigenvalue weighted by molar-refractivity contribution is -0.237. The molecule has 0 aliphatic carbocycles. The number of dihydropyridines is 1. The Morgan fingerprint density at radius 1 is 1.47 bits per heavy atom. The second-order valence-electron chi connectivity index (χ2n) is 6.91. The van der Waals surface area contributed by atoms with Crippen LogP contribution in [0.25, 0.3) is 0 Å². The molecule has 0 aromatic carbocycles. The maximum Gasteiger partial charge on any atom is 0.420 e. The van der Waals surface area contributed by atoms with Gasteiger partial charge in [0.25, 0.3) is 0 Å². The highest BCUT2D eigenvalue weighted by Gasteiger charge is 2.52. The summed E-state index contributed by atoms with van der Waals surface area (Å²) in [4.78, 5) is 8.16. The number of hydrogen-bond acceptors (Lipinski definition) is 6. The largest absolute Gasteiger partial charge is 0.420 e. The van der Waals surface area contributed by atoms with Crippen molar-refractivity contribution in [3.8, 4) is 11.8 Å². The first-order valence-corrected chi connectivity index (χ1v) is 10.6. The van der Waals surface area contributed by atoms with Crippen molar-refractivity contribution in [2.24, 2.45) is 15.7 Å². The zero-order valence-corrected chi connectivity index (χ0v) is 17.3. The third-order valence-electron chi connectivity index (χ3n) is 4.57. The average Bonchev–Trinajstić information content (AvgIpc) is 2.66. The molecule has 2 rings (SSSR count). The second kappa shape index (κ2) is 9.30. The molecule has 0 amide bonds. The molecule has 0 spiro atoms. The monoisotopic (exact) mass is 447 g/mol. The van der Waals surface area contributed by atoms with Gasteiger partial charge in [-0.1, -0.05) is 12.0 Å². The zero-order chi connectivity index (χ0) is 22.6. The van der Waals surface area contributed by atoms with Crippen LogP contribution in [0.5, 0.6) is 0 Å². The fourth-order valence-corrected chi connectivity index (χ4v) is 3.75. The van der Waals surface area contributed by atoms with Gasteiger partial charge in [0.2, 0.25) is 10.0 Å². The van der Waals surface area contributed by atoms with Gasteiger partial charge in [-0.3, -0.25) is 9.98 Å². The van der Waals surface area contributed by atoms with Crippen molar-refractivity contribution in [3.05, 3.63) is 22.8 Å². The van der Waals surface area contributed by atoms with Crippen LogP contribution in [0.3, 0.4) is 0 Å². The van der Waals surface area contributed by atoms with E-state index in [4.69, 9.17) is 5.73 Å². The number of aliphatic hydroxyl groups is 1. The third-order valence-corrected chi connectivity index (χ3v) is 6.01. The molecule has 12 heteroatoms. The van der Waals surface area contributed by atoms with Crippen molar-refractivity contribution in [1.82, 2.24) is 10.0 Å². The molecule has 0 saturated heterocycles. The molecule has 2 aliphatic heterocycles. The number of allylic oxidation sites excluding steroid dienone is 1. The van der Waals surface area contributed by atoms with Gasteiger partial charge in [0.1, 0.15) is 18.0 Å². The topological polar surface area (TPSA) is 129 Å². The molecule has 2 heterocycles. The summed E-state index contributed by atoms with van der Waals surface area (Å²) in [6, 6.07) is -0.756. The van der Waals surface area contributed by atoms with E-state index in [0.29, 0.717) is 19.2 Å². The van der Waals surface area contributed by atoms with Gasteiger partial charge in [0.05, 0.1) is 4.91 Å². The number of rotatable bonds is 6. The van der Waals surface area contributed by atoms with Gasteiger partial charge in [0.15, 0.2) is 5.60 Å². The molecular formula is C18H24F3N5O3S. The molecule has 3 unspecified atom stereocenters. The molecular weight excluding hydrogens is 423 g/mol. The van der Waals surface area contributed by atoms with Crippen LogP contribution in [0, 0.1) is 11.8 Å². The molecule has 0 fully saturated rings. The Balaban J connectivity index is 2.07. The maximum atomic E-state index is 13.0. The molecule has 8 nitrogen and oxygen atoms in total. The maximum absolute atomic E-state index is 13.0. The highest BCUT2D eigenvalue weighted by atomic mass is 32.2. The van der Waals surface area contributed by atoms with Crippen molar-refractivity contribution in [2.75, 3.05) is 6.54 Å². The van der Waals surface area contributed by atoms with Crippen molar-refractivity contribution < 1.29 is 26.7 Å². The van der Waals surface area contributed by atoms with Crippen LogP contribution in [-0.2, 0) is 10.0 Å². The van der Waals surface area contributed by atoms with Gasteiger partial charge in [0, 0.05) is 31.8 Å². The number of nitrogens with zero attached hydrogens (tertiary/aromatic N) is 2. The van der Waals surface area contributed by atoms with Crippen LogP contribution in [0.15, 0.2) is 32.7 Å². The van der Waals surface area contributed by atoms with Gasteiger partial charge in [-0.25, -0.2) is 13.1 Å². The second-order valence-corrected chi connectivity index (χ2v) is 8.68. The number of halogens is 3. The molecule has 2 aliphatic rings. The molecule has 30 heavy (non-hydrogen) atoms. The standard InChI is InChI=1S/C18H24F3N5O3S/c1-3-4-13(10-25-30(28,29)14-6-7-15(22)23-11-14)26-16-8-5-12(9-24-16)17(2,27)18(19,20)21/h6,9,11,13,15,25,27H,5,7-8,10,22H2,1-2H3,(H,24,26). The van der Waals surface area contributed by atoms with E-state index in [2.05, 4.69) is 31.9 Å². The Morgan fingerprint density at radius 3 is 2.67 bits per heavy atom. The first-order valence-electron chi connectivity index (χ1n) is 9.09. The highest BCUT2D eigenvalue weighted by molar-refractivity contribution is 7.94. The lowest BCUT2D eigenvalue weighted by Gasteiger charge is -2.31. The summed E-state index contributed by atoms with van der Waals surface area (Å²) in [5.41, 5.74) is 2.43. The molecule has 3 atom stereocenters. The summed E-state index contributed by atoms with van der Waals surface area (Å²) in [5, 5.41) is 12.4. The Kier molecular flexibility index (Phi) is 7.46. The number of alkyl halides is 3. The fraction of sp³-hybridized carbons (Fsp3) is 0.556. The Bertz CT molecular complexity index is 940. The van der Waals surface area contributed by atoms with E-state index in [-0.39, 0.29) is 29.9 Å². The van der Waals surface area contributed by atoms with Crippen LogP contribution >= 0.6 is 0 Å². The number of hydrogen-bond donors (Lipinski definition) is 4. The summed E-state index contributed by atoms with van der Waals surface area (Å²) in [6.45, 7) is 2.12. The van der Waals surface area contributed by atoms with Gasteiger partial charge in [-0.2, -0.15) is 13.2 Å². The van der Waals surface area contributed by atoms with E-state index in [9.17, 15) is 26.7 Å². The van der Waals surface area contributed by atoms with Crippen molar-refractivity contribution in [2.45, 2.75) is 57.1 Å². The minimum atomic E-state index is -4.80. The summed E-state index contributed by atoms with van der Waals surface area (Å²) in [6.07, 6.45) is -1.19. The number of aliphatic imine (C=N–C) groups is 2. The Labute approximate surface area is 173 Å². The van der Waals surface area contributed by atoms with Gasteiger partial charge < -0.3 is 16.2 Å². The average molecular weight is 447 g/mol. The molecule has 0 aromatic rings. The van der Waals surface area contributed by atoms with E-state index in [1.54, 1.807) is 6.92 Å². The zero-order valence-electron chi connectivity index (χ0n) is 16.5. The Morgan fingerprint density at radius 2 is 2.17 bits per heavy atom. The van der Waals surface area contributed by atoms with Crippen LogP contribution < -0.4 is 15.8 Å². The molecule has 0 radical (unpaired) electrons. The Hall–Kier alpha value is -2.20. The van der Waals surface area contributed by atoms with E-state index in [1.807, 2.05) is 0 Å². The van der Waals surface area contributed by atoms with Gasteiger partial charge in [-0.15, -0.1) is 5.92 Å². The van der Waals surface area contributed by atoms with E-state index < -0.39 is 34.0 Å². The van der Waals surface area contributed by atoms with E-state index in [1.165, 1.54) is 12.3 Å². The number of nitrogens with one attached hydrogen (secondary N) is 2. The molecule has 0 aromatic heterocycles. The fourth-order valence-electron chi connectivity index (χ4n) is 2.69. The quantitative estimate of drug-likeness (QED) is 0.450. The first-order chi connectivity index (χ1) is 13.9. The number of sulfonamides is 1. The van der Waals surface area contributed by atoms with Crippen molar-refractivity contribution in [1.29, 1.82) is 0 Å². The molecule has 0 bridgehead atoms. The predicted molar refractivity (Wildman–Crippen MR) is 108 cm³/mol. The van der Waals surface area contributed by atoms with E-state index >= 15 is 0 Å². The third kappa shape index (κ3) is 5.91. The summed E-state index contributed by atoms with van der Waals surface area (Å²) in [7, 11) is -3.83. The minimum Gasteiger partial charge on any atom is -0.377 e. The van der Waals surface area contributed by atoms with Gasteiger partial charge in [-0.05, 0) is 25.8 Å². The molecule has 5 N–H and O–H groups in total. The van der Waals surface area contributed by atoms with Crippen molar-refractivity contribution in [3.63, 3.8) is 0 Å². The summed E-state index contributed by atoms with van der Waals surface area (Å²) in [5.74, 6) is 5.74. The molecule has 166 valence electrons. The first kappa shape index (κ1) is 24.1. The SMILES string of the molecule is CC#CC(CNS(=O)(=O)C1=CCC(N)N=C1)N=C1CCC(C(C)(O)C(F)(F)F)=CN1. The van der Waals surface area contributed by atoms with Crippen molar-refractivity contribution >= 4 is 22.1 Å². The summed E-state index contributed by atoms with van der Waals surface area (Å²) < 4.78 is 66.0. The summed E-state index contributed by atoms with van der Waals surface area (Å²) >= 11 is 0. The minimum absolute atomic E-state index is 0.00203. The van der Waals surface area contributed by atoms with Crippen LogP contribution in [0.2, 0.25) is 0 Å². The predicted octanol–water partition coefficient (Wildman–Crippen LogP) is 0.920. The van der Waals surface area contributed by atoms with Crippen LogP contribution in [0.4, 0.5) is 13.2 Å². The molecule has 0 saturated carbocycles.